The van der Waals surface area contributed by atoms with Crippen molar-refractivity contribution in [2.45, 2.75) is 51.7 Å². The Morgan fingerprint density at radius 2 is 1.76 bits per heavy atom. The molecule has 1 heterocycles. The number of rotatable bonds is 3. The Morgan fingerprint density at radius 3 is 2.24 bits per heavy atom. The molecule has 2 rings (SSSR count). The number of carboxylic acid groups (broad SMARTS) is 1. The maximum atomic E-state index is 14.1. The normalized spacial score (nSPS) is 21.3. The highest BCUT2D eigenvalue weighted by Crippen LogP contribution is 2.36. The molecule has 4 nitrogen and oxygen atoms in total. The average molecular weight is 294 g/mol. The standard InChI is InChI=1S/C15H20BFO4/c1-9(13(18)19)10-6-7-12(17)11(8-10)16-20-14(2,3)15(4,5)21-16/h6-9H,1-5H3,(H,18,19). The van der Waals surface area contributed by atoms with Gasteiger partial charge < -0.3 is 14.4 Å². The molecule has 1 N–H and O–H groups in total. The third kappa shape index (κ3) is 2.83. The number of aliphatic carboxylic acids is 1. The van der Waals surface area contributed by atoms with E-state index in [0.29, 0.717) is 5.56 Å². The van der Waals surface area contributed by atoms with Crippen LogP contribution < -0.4 is 5.46 Å². The summed E-state index contributed by atoms with van der Waals surface area (Å²) >= 11 is 0. The van der Waals surface area contributed by atoms with Crippen LogP contribution in [0.15, 0.2) is 18.2 Å². The zero-order valence-electron chi connectivity index (χ0n) is 12.9. The van der Waals surface area contributed by atoms with E-state index < -0.39 is 36.0 Å². The first-order valence-electron chi connectivity index (χ1n) is 6.93. The number of halogens is 1. The van der Waals surface area contributed by atoms with Crippen LogP contribution >= 0.6 is 0 Å². The number of carboxylic acids is 1. The molecule has 0 saturated carbocycles. The second-order valence-electron chi connectivity index (χ2n) is 6.43. The third-order valence-corrected chi connectivity index (χ3v) is 4.40. The molecule has 0 aliphatic carbocycles. The summed E-state index contributed by atoms with van der Waals surface area (Å²) in [4.78, 5) is 11.1. The molecule has 1 saturated heterocycles. The lowest BCUT2D eigenvalue weighted by Crippen LogP contribution is -2.41. The van der Waals surface area contributed by atoms with Crippen molar-refractivity contribution in [1.82, 2.24) is 0 Å². The molecule has 1 aromatic carbocycles. The Labute approximate surface area is 124 Å². The van der Waals surface area contributed by atoms with Crippen LogP contribution in [0.5, 0.6) is 0 Å². The van der Waals surface area contributed by atoms with E-state index in [9.17, 15) is 9.18 Å². The van der Waals surface area contributed by atoms with Crippen LogP contribution in [0, 0.1) is 5.82 Å². The van der Waals surface area contributed by atoms with E-state index in [1.54, 1.807) is 6.92 Å². The molecule has 21 heavy (non-hydrogen) atoms. The maximum Gasteiger partial charge on any atom is 0.497 e. The minimum Gasteiger partial charge on any atom is -0.481 e. The van der Waals surface area contributed by atoms with Crippen LogP contribution in [-0.2, 0) is 14.1 Å². The molecule has 1 aliphatic heterocycles. The monoisotopic (exact) mass is 294 g/mol. The summed E-state index contributed by atoms with van der Waals surface area (Å²) in [5, 5.41) is 9.07. The Balaban J connectivity index is 2.37. The van der Waals surface area contributed by atoms with Gasteiger partial charge in [0.05, 0.1) is 17.1 Å². The smallest absolute Gasteiger partial charge is 0.481 e. The van der Waals surface area contributed by atoms with E-state index in [1.807, 2.05) is 27.7 Å². The zero-order valence-corrected chi connectivity index (χ0v) is 12.9. The van der Waals surface area contributed by atoms with Crippen molar-refractivity contribution >= 4 is 18.6 Å². The van der Waals surface area contributed by atoms with Crippen molar-refractivity contribution in [2.24, 2.45) is 0 Å². The molecule has 114 valence electrons. The van der Waals surface area contributed by atoms with Gasteiger partial charge in [-0.1, -0.05) is 12.1 Å². The van der Waals surface area contributed by atoms with Crippen molar-refractivity contribution in [3.8, 4) is 0 Å². The Morgan fingerprint density at radius 1 is 1.24 bits per heavy atom. The van der Waals surface area contributed by atoms with Crippen LogP contribution in [0.1, 0.15) is 46.1 Å². The largest absolute Gasteiger partial charge is 0.497 e. The molecular weight excluding hydrogens is 274 g/mol. The van der Waals surface area contributed by atoms with Crippen LogP contribution in [0.4, 0.5) is 4.39 Å². The van der Waals surface area contributed by atoms with E-state index in [-0.39, 0.29) is 5.46 Å². The summed E-state index contributed by atoms with van der Waals surface area (Å²) in [5.41, 5.74) is -0.385. The van der Waals surface area contributed by atoms with E-state index in [0.717, 1.165) is 0 Å². The molecule has 6 heteroatoms. The lowest BCUT2D eigenvalue weighted by atomic mass is 9.77. The summed E-state index contributed by atoms with van der Waals surface area (Å²) in [6.45, 7) is 9.09. The lowest BCUT2D eigenvalue weighted by molar-refractivity contribution is -0.138. The van der Waals surface area contributed by atoms with Gasteiger partial charge in [0.2, 0.25) is 0 Å². The van der Waals surface area contributed by atoms with Crippen LogP contribution in [0.25, 0.3) is 0 Å². The molecule has 1 aliphatic rings. The fourth-order valence-electron chi connectivity index (χ4n) is 2.12. The van der Waals surface area contributed by atoms with Crippen molar-refractivity contribution in [1.29, 1.82) is 0 Å². The van der Waals surface area contributed by atoms with Crippen molar-refractivity contribution in [3.05, 3.63) is 29.6 Å². The number of benzene rings is 1. The fourth-order valence-corrected chi connectivity index (χ4v) is 2.12. The van der Waals surface area contributed by atoms with Gasteiger partial charge in [0.1, 0.15) is 5.82 Å². The molecule has 1 unspecified atom stereocenters. The minimum absolute atomic E-state index is 0.235. The molecule has 0 radical (unpaired) electrons. The van der Waals surface area contributed by atoms with Gasteiger partial charge >= 0.3 is 13.1 Å². The molecule has 0 spiro atoms. The van der Waals surface area contributed by atoms with Gasteiger partial charge in [-0.3, -0.25) is 4.79 Å². The molecule has 1 atom stereocenters. The Kier molecular flexibility index (Phi) is 3.89. The highest BCUT2D eigenvalue weighted by molar-refractivity contribution is 6.62. The fraction of sp³-hybridized carbons (Fsp3) is 0.533. The lowest BCUT2D eigenvalue weighted by Gasteiger charge is -2.32. The summed E-state index contributed by atoms with van der Waals surface area (Å²) in [6, 6.07) is 4.24. The summed E-state index contributed by atoms with van der Waals surface area (Å²) in [6.07, 6.45) is 0. The molecule has 0 amide bonds. The molecule has 0 bridgehead atoms. The Bertz CT molecular complexity index is 555. The predicted molar refractivity (Wildman–Crippen MR) is 78.2 cm³/mol. The summed E-state index contributed by atoms with van der Waals surface area (Å²) < 4.78 is 25.7. The van der Waals surface area contributed by atoms with Crippen LogP contribution in [0.2, 0.25) is 0 Å². The first-order valence-corrected chi connectivity index (χ1v) is 6.93. The van der Waals surface area contributed by atoms with E-state index in [4.69, 9.17) is 14.4 Å². The van der Waals surface area contributed by atoms with Gasteiger partial charge in [-0.05, 0) is 46.2 Å². The average Bonchev–Trinajstić information content (AvgIpc) is 2.57. The van der Waals surface area contributed by atoms with Gasteiger partial charge in [-0.15, -0.1) is 0 Å². The van der Waals surface area contributed by atoms with Gasteiger partial charge in [0.15, 0.2) is 0 Å². The maximum absolute atomic E-state index is 14.1. The topological polar surface area (TPSA) is 55.8 Å². The molecule has 0 aromatic heterocycles. The van der Waals surface area contributed by atoms with Crippen molar-refractivity contribution in [3.63, 3.8) is 0 Å². The van der Waals surface area contributed by atoms with Crippen molar-refractivity contribution in [2.75, 3.05) is 0 Å². The number of hydrogen-bond acceptors (Lipinski definition) is 3. The summed E-state index contributed by atoms with van der Waals surface area (Å²) in [7, 11) is -0.837. The predicted octanol–water partition coefficient (Wildman–Crippen LogP) is 2.31. The van der Waals surface area contributed by atoms with Crippen molar-refractivity contribution < 1.29 is 23.6 Å². The highest BCUT2D eigenvalue weighted by Gasteiger charge is 2.52. The van der Waals surface area contributed by atoms with E-state index in [1.165, 1.54) is 18.2 Å². The second kappa shape index (κ2) is 5.11. The van der Waals surface area contributed by atoms with E-state index >= 15 is 0 Å². The summed E-state index contributed by atoms with van der Waals surface area (Å²) in [5.74, 6) is -2.14. The zero-order chi connectivity index (χ0) is 16.0. The third-order valence-electron chi connectivity index (χ3n) is 4.40. The van der Waals surface area contributed by atoms with Crippen LogP contribution in [-0.4, -0.2) is 29.4 Å². The van der Waals surface area contributed by atoms with Crippen LogP contribution in [0.3, 0.4) is 0 Å². The minimum atomic E-state index is -0.957. The molecule has 1 aromatic rings. The second-order valence-corrected chi connectivity index (χ2v) is 6.43. The van der Waals surface area contributed by atoms with Gasteiger partial charge in [0, 0.05) is 5.46 Å². The first-order chi connectivity index (χ1) is 9.55. The van der Waals surface area contributed by atoms with Gasteiger partial charge in [-0.25, -0.2) is 4.39 Å². The Hall–Kier alpha value is -1.40. The number of hydrogen-bond donors (Lipinski definition) is 1. The first kappa shape index (κ1) is 16.0. The molecule has 1 fully saturated rings. The SMILES string of the molecule is CC(C(=O)O)c1ccc(F)c(B2OC(C)(C)C(C)(C)O2)c1. The quantitative estimate of drug-likeness (QED) is 0.869. The highest BCUT2D eigenvalue weighted by atomic mass is 19.1. The molecular formula is C15H20BFO4. The number of carbonyl (C=O) groups is 1. The van der Waals surface area contributed by atoms with E-state index in [2.05, 4.69) is 0 Å². The van der Waals surface area contributed by atoms with Gasteiger partial charge in [-0.2, -0.15) is 0 Å². The van der Waals surface area contributed by atoms with Gasteiger partial charge in [0.25, 0.3) is 0 Å².